The maximum absolute atomic E-state index is 11.2. The van der Waals surface area contributed by atoms with E-state index < -0.39 is 67.2 Å². The van der Waals surface area contributed by atoms with E-state index in [1.165, 1.54) is 11.1 Å². The average Bonchev–Trinajstić information content (AvgIpc) is 3.27. The van der Waals surface area contributed by atoms with Crippen LogP contribution in [0.4, 0.5) is 0 Å². The Bertz CT molecular complexity index is 1780. The lowest BCUT2D eigenvalue weighted by Crippen LogP contribution is -2.31. The zero-order chi connectivity index (χ0) is 63.4. The normalized spacial score (nSPS) is 21.5. The molecule has 12 N–H and O–H groups in total. The van der Waals surface area contributed by atoms with Gasteiger partial charge in [-0.05, 0) is 341 Å². The van der Waals surface area contributed by atoms with Crippen molar-refractivity contribution in [2.75, 3.05) is 0 Å². The fraction of sp³-hybridized carbons (Fsp3) is 0.914. The lowest BCUT2D eigenvalue weighted by Gasteiger charge is -2.31. The summed E-state index contributed by atoms with van der Waals surface area (Å²) >= 11 is 0. The Kier molecular flexibility index (Phi) is 35.7. The van der Waals surface area contributed by atoms with Crippen LogP contribution in [0.15, 0.2) is 36.0 Å². The van der Waals surface area contributed by atoms with E-state index in [4.69, 9.17) is 0 Å². The molecule has 0 aliphatic rings. The summed E-state index contributed by atoms with van der Waals surface area (Å²) in [7, 11) is 0. The monoisotopic (exact) mass is 1170 g/mol. The second-order valence-electron chi connectivity index (χ2n) is 30.8. The molecule has 0 bridgehead atoms. The maximum Gasteiger partial charge on any atom is 0.0800 e. The van der Waals surface area contributed by atoms with Crippen molar-refractivity contribution in [3.8, 4) is 0 Å². The first-order valence-electron chi connectivity index (χ1n) is 32.8. The highest BCUT2D eigenvalue weighted by molar-refractivity contribution is 5.01. The SMILES string of the molecule is C=CC(C)(O)CCC=C(C)CCCC(C)(O)CCCC(C)(O)CCCC(C)(O)CCCC(C)(O)CCCC(C)(O)CCCC(C)(O)CCCC(C)(O)CCCC(C)(O)CCCC(C)(O)CCCC(C)(O)CCCC(C)(O)CCC=C(C)C. The summed E-state index contributed by atoms with van der Waals surface area (Å²) in [4.78, 5) is 0. The molecule has 0 aromatic rings. The first-order chi connectivity index (χ1) is 37.1. The minimum atomic E-state index is -0.939. The Balaban J connectivity index is 4.49. The van der Waals surface area contributed by atoms with Crippen molar-refractivity contribution in [3.63, 3.8) is 0 Å². The van der Waals surface area contributed by atoms with Gasteiger partial charge in [0, 0.05) is 0 Å². The molecule has 0 amide bonds. The van der Waals surface area contributed by atoms with Gasteiger partial charge >= 0.3 is 0 Å². The number of rotatable bonds is 51. The summed E-state index contributed by atoms with van der Waals surface area (Å²) in [6, 6.07) is 0. The molecule has 82 heavy (non-hydrogen) atoms. The summed E-state index contributed by atoms with van der Waals surface area (Å²) in [5, 5.41) is 132. The maximum atomic E-state index is 11.2. The van der Waals surface area contributed by atoms with Crippen LogP contribution in [0, 0.1) is 0 Å². The molecule has 0 radical (unpaired) electrons. The molecule has 12 heteroatoms. The minimum Gasteiger partial charge on any atom is -0.390 e. The largest absolute Gasteiger partial charge is 0.390 e. The summed E-state index contributed by atoms with van der Waals surface area (Å²) < 4.78 is 0. The third kappa shape index (κ3) is 45.1. The van der Waals surface area contributed by atoms with E-state index >= 15 is 0 Å². The Morgan fingerprint density at radius 2 is 0.427 bits per heavy atom. The van der Waals surface area contributed by atoms with E-state index in [9.17, 15) is 61.3 Å². The molecule has 0 aromatic carbocycles. The highest BCUT2D eigenvalue weighted by Gasteiger charge is 2.33. The second-order valence-corrected chi connectivity index (χ2v) is 30.8. The standard InChI is InChI=1S/C70H136O12/c1-17-59(5,71)34-19-32-58(4)33-20-36-61(7,73)38-22-40-63(9,75)42-24-44-65(11,77)46-26-48-67(13,79)50-28-52-69(15,81)54-30-56-70(16,82)55-29-53-68(14,80)51-27-49-66(12,78)47-25-45-64(10,76)43-23-41-62(8,74)39-21-37-60(6,72)35-18-31-57(2)3/h17,31-32,71-82H,1,18-30,33-56H2,2-16H3. The predicted molar refractivity (Wildman–Crippen MR) is 342 cm³/mol. The molecule has 488 valence electrons. The van der Waals surface area contributed by atoms with Crippen molar-refractivity contribution in [1.82, 2.24) is 0 Å². The van der Waals surface area contributed by atoms with Crippen LogP contribution in [0.25, 0.3) is 0 Å². The van der Waals surface area contributed by atoms with Gasteiger partial charge < -0.3 is 61.3 Å². The van der Waals surface area contributed by atoms with Crippen molar-refractivity contribution in [2.45, 2.75) is 409 Å². The molecule has 12 unspecified atom stereocenters. The number of aliphatic hydroxyl groups is 12. The van der Waals surface area contributed by atoms with Gasteiger partial charge in [-0.25, -0.2) is 0 Å². The molecule has 0 fully saturated rings. The lowest BCUT2D eigenvalue weighted by molar-refractivity contribution is -0.00906. The molecule has 0 spiro atoms. The van der Waals surface area contributed by atoms with Crippen LogP contribution in [-0.4, -0.2) is 128 Å². The van der Waals surface area contributed by atoms with Crippen molar-refractivity contribution >= 4 is 0 Å². The van der Waals surface area contributed by atoms with Crippen LogP contribution in [0.1, 0.15) is 341 Å². The topological polar surface area (TPSA) is 243 Å². The van der Waals surface area contributed by atoms with Gasteiger partial charge in [0.2, 0.25) is 0 Å². The van der Waals surface area contributed by atoms with Crippen molar-refractivity contribution < 1.29 is 61.3 Å². The highest BCUT2D eigenvalue weighted by Crippen LogP contribution is 2.35. The molecule has 0 saturated carbocycles. The number of allylic oxidation sites excluding steroid dienone is 4. The van der Waals surface area contributed by atoms with Crippen LogP contribution in [-0.2, 0) is 0 Å². The van der Waals surface area contributed by atoms with E-state index in [1.807, 2.05) is 76.2 Å². The Hall–Kier alpha value is -1.26. The molecule has 0 aromatic heterocycles. The zero-order valence-corrected chi connectivity index (χ0v) is 56.0. The number of hydrogen-bond acceptors (Lipinski definition) is 12. The van der Waals surface area contributed by atoms with Crippen LogP contribution in [0.3, 0.4) is 0 Å². The van der Waals surface area contributed by atoms with Gasteiger partial charge in [0.05, 0.1) is 67.2 Å². The van der Waals surface area contributed by atoms with Crippen LogP contribution < -0.4 is 0 Å². The van der Waals surface area contributed by atoms with Gasteiger partial charge in [-0.1, -0.05) is 29.4 Å². The molecule has 0 aliphatic heterocycles. The molecule has 0 heterocycles. The van der Waals surface area contributed by atoms with Crippen LogP contribution >= 0.6 is 0 Å². The Morgan fingerprint density at radius 3 is 0.610 bits per heavy atom. The van der Waals surface area contributed by atoms with Gasteiger partial charge in [-0.15, -0.1) is 6.58 Å². The molecule has 0 saturated heterocycles. The molecular formula is C70H136O12. The zero-order valence-electron chi connectivity index (χ0n) is 56.0. The minimum absolute atomic E-state index is 0.521. The second kappa shape index (κ2) is 36.3. The van der Waals surface area contributed by atoms with Crippen molar-refractivity contribution in [1.29, 1.82) is 0 Å². The highest BCUT2D eigenvalue weighted by atomic mass is 16.3. The third-order valence-electron chi connectivity index (χ3n) is 18.4. The summed E-state index contributed by atoms with van der Waals surface area (Å²) in [6.45, 7) is 31.8. The van der Waals surface area contributed by atoms with Gasteiger partial charge in [0.25, 0.3) is 0 Å². The lowest BCUT2D eigenvalue weighted by atomic mass is 9.83. The first kappa shape index (κ1) is 80.7. The van der Waals surface area contributed by atoms with E-state index in [0.29, 0.717) is 205 Å². The Labute approximate surface area is 503 Å². The van der Waals surface area contributed by atoms with Crippen LogP contribution in [0.2, 0.25) is 0 Å². The molecule has 12 atom stereocenters. The van der Waals surface area contributed by atoms with Crippen molar-refractivity contribution in [3.05, 3.63) is 36.0 Å². The van der Waals surface area contributed by atoms with Crippen molar-refractivity contribution in [2.24, 2.45) is 0 Å². The van der Waals surface area contributed by atoms with Crippen LogP contribution in [0.5, 0.6) is 0 Å². The summed E-state index contributed by atoms with van der Waals surface area (Å²) in [5.41, 5.74) is -8.16. The fourth-order valence-corrected chi connectivity index (χ4v) is 12.1. The average molecular weight is 1170 g/mol. The molecular weight excluding hydrogens is 1030 g/mol. The van der Waals surface area contributed by atoms with E-state index in [-0.39, 0.29) is 0 Å². The molecule has 12 nitrogen and oxygen atoms in total. The van der Waals surface area contributed by atoms with Gasteiger partial charge in [0.1, 0.15) is 0 Å². The smallest absolute Gasteiger partial charge is 0.0800 e. The van der Waals surface area contributed by atoms with E-state index in [1.54, 1.807) is 13.0 Å². The summed E-state index contributed by atoms with van der Waals surface area (Å²) in [6.07, 6.45) is 28.9. The van der Waals surface area contributed by atoms with E-state index in [0.717, 1.165) is 32.1 Å². The predicted octanol–water partition coefficient (Wildman–Crippen LogP) is 14.5. The van der Waals surface area contributed by atoms with E-state index in [2.05, 4.69) is 39.5 Å². The summed E-state index contributed by atoms with van der Waals surface area (Å²) in [5.74, 6) is 0. The third-order valence-corrected chi connectivity index (χ3v) is 18.4. The van der Waals surface area contributed by atoms with Gasteiger partial charge in [-0.2, -0.15) is 0 Å². The quantitative estimate of drug-likeness (QED) is 0.0255. The van der Waals surface area contributed by atoms with Gasteiger partial charge in [-0.3, -0.25) is 0 Å². The molecule has 0 aliphatic carbocycles. The Morgan fingerprint density at radius 1 is 0.256 bits per heavy atom. The number of hydrogen-bond donors (Lipinski definition) is 12. The molecule has 0 rings (SSSR count). The fourth-order valence-electron chi connectivity index (χ4n) is 12.1. The first-order valence-corrected chi connectivity index (χ1v) is 32.8. The van der Waals surface area contributed by atoms with Gasteiger partial charge in [0.15, 0.2) is 0 Å².